The van der Waals surface area contributed by atoms with Crippen molar-refractivity contribution in [2.45, 2.75) is 32.1 Å². The topological polar surface area (TPSA) is 34.1 Å². The number of guanidine groups is 1. The highest BCUT2D eigenvalue weighted by Gasteiger charge is 2.41. The average Bonchev–Trinajstić information content (AvgIpc) is 3.12. The fourth-order valence-corrected chi connectivity index (χ4v) is 4.57. The number of fused-ring (bicyclic) bond motifs is 1. The lowest BCUT2D eigenvalue weighted by atomic mass is 10.1. The molecule has 1 fully saturated rings. The Morgan fingerprint density at radius 1 is 1.25 bits per heavy atom. The van der Waals surface area contributed by atoms with E-state index < -0.39 is 12.2 Å². The lowest BCUT2D eigenvalue weighted by molar-refractivity contribution is -0.181. The molecular formula is C18H29F3IN5S. The van der Waals surface area contributed by atoms with Crippen LogP contribution in [0.4, 0.5) is 13.2 Å². The van der Waals surface area contributed by atoms with Crippen molar-refractivity contribution in [3.8, 4) is 0 Å². The number of aliphatic imine (C=N–C) groups is 1. The Bertz CT molecular complexity index is 643. The van der Waals surface area contributed by atoms with E-state index in [-0.39, 0.29) is 24.0 Å². The monoisotopic (exact) mass is 531 g/mol. The largest absolute Gasteiger partial charge is 0.403 e. The van der Waals surface area contributed by atoms with Crippen molar-refractivity contribution in [2.24, 2.45) is 4.99 Å². The number of piperazine rings is 1. The van der Waals surface area contributed by atoms with E-state index in [1.54, 1.807) is 7.05 Å². The maximum atomic E-state index is 12.9. The normalized spacial score (nSPS) is 20.5. The third kappa shape index (κ3) is 5.96. The second-order valence-electron chi connectivity index (χ2n) is 7.11. The van der Waals surface area contributed by atoms with Crippen LogP contribution in [0, 0.1) is 0 Å². The predicted molar refractivity (Wildman–Crippen MR) is 119 cm³/mol. The Morgan fingerprint density at radius 2 is 1.96 bits per heavy atom. The quantitative estimate of drug-likeness (QED) is 0.368. The number of nitrogens with zero attached hydrogens (tertiary/aromatic N) is 4. The van der Waals surface area contributed by atoms with Crippen molar-refractivity contribution >= 4 is 41.3 Å². The van der Waals surface area contributed by atoms with Gasteiger partial charge < -0.3 is 10.2 Å². The van der Waals surface area contributed by atoms with Gasteiger partial charge in [-0.15, -0.1) is 35.3 Å². The summed E-state index contributed by atoms with van der Waals surface area (Å²) >= 11 is 1.84. The lowest BCUT2D eigenvalue weighted by Crippen LogP contribution is -2.57. The molecule has 28 heavy (non-hydrogen) atoms. The highest BCUT2D eigenvalue weighted by Crippen LogP contribution is 2.25. The Kier molecular flexibility index (Phi) is 8.83. The fourth-order valence-electron chi connectivity index (χ4n) is 3.68. The smallest absolute Gasteiger partial charge is 0.355 e. The molecule has 1 aromatic rings. The molecule has 1 aromatic heterocycles. The molecule has 160 valence electrons. The summed E-state index contributed by atoms with van der Waals surface area (Å²) in [5.74, 6) is 0.780. The van der Waals surface area contributed by atoms with Crippen molar-refractivity contribution in [2.75, 3.05) is 52.9 Å². The van der Waals surface area contributed by atoms with Crippen LogP contribution in [0.1, 0.15) is 17.4 Å². The standard InChI is InChI=1S/C18H28F3N5S.HI/c1-14(18(19,20)21)25-8-10-26(11-9-25)17(22-2)23-5-7-24-6-3-16-15(13-24)4-12-27-16;/h4,12,14H,3,5-11,13H2,1-2H3,(H,22,23);1H. The van der Waals surface area contributed by atoms with E-state index in [0.717, 1.165) is 38.6 Å². The SMILES string of the molecule is CN=C(NCCN1CCc2sccc2C1)N1CCN(C(C)C(F)(F)F)CC1.I. The first-order valence-corrected chi connectivity index (χ1v) is 10.3. The van der Waals surface area contributed by atoms with Crippen molar-refractivity contribution in [1.29, 1.82) is 0 Å². The Hall–Kier alpha value is -0.590. The van der Waals surface area contributed by atoms with Gasteiger partial charge in [0.15, 0.2) is 5.96 Å². The molecule has 0 amide bonds. The summed E-state index contributed by atoms with van der Waals surface area (Å²) in [5.41, 5.74) is 1.44. The maximum absolute atomic E-state index is 12.9. The van der Waals surface area contributed by atoms with Gasteiger partial charge in [-0.2, -0.15) is 13.2 Å². The van der Waals surface area contributed by atoms with Gasteiger partial charge in [0.2, 0.25) is 0 Å². The maximum Gasteiger partial charge on any atom is 0.403 e. The van der Waals surface area contributed by atoms with Crippen molar-refractivity contribution in [3.05, 3.63) is 21.9 Å². The average molecular weight is 531 g/mol. The molecule has 0 bridgehead atoms. The third-order valence-corrected chi connectivity index (χ3v) is 6.47. The van der Waals surface area contributed by atoms with Gasteiger partial charge >= 0.3 is 6.18 Å². The molecule has 2 aliphatic heterocycles. The third-order valence-electron chi connectivity index (χ3n) is 5.44. The Balaban J connectivity index is 0.00000280. The molecule has 1 unspecified atom stereocenters. The van der Waals surface area contributed by atoms with Gasteiger partial charge in [0, 0.05) is 64.3 Å². The molecule has 0 radical (unpaired) electrons. The molecule has 2 aliphatic rings. The molecule has 10 heteroatoms. The molecule has 1 saturated heterocycles. The second-order valence-corrected chi connectivity index (χ2v) is 8.11. The van der Waals surface area contributed by atoms with E-state index in [0.29, 0.717) is 26.2 Å². The van der Waals surface area contributed by atoms with Crippen LogP contribution in [0.5, 0.6) is 0 Å². The van der Waals surface area contributed by atoms with Gasteiger partial charge in [-0.25, -0.2) is 0 Å². The van der Waals surface area contributed by atoms with Crippen LogP contribution in [0.2, 0.25) is 0 Å². The summed E-state index contributed by atoms with van der Waals surface area (Å²) in [5, 5.41) is 5.53. The minimum Gasteiger partial charge on any atom is -0.355 e. The summed E-state index contributed by atoms with van der Waals surface area (Å²) in [6.07, 6.45) is -3.06. The van der Waals surface area contributed by atoms with Gasteiger partial charge in [0.05, 0.1) is 0 Å². The van der Waals surface area contributed by atoms with E-state index in [4.69, 9.17) is 0 Å². The van der Waals surface area contributed by atoms with Crippen molar-refractivity contribution in [1.82, 2.24) is 20.0 Å². The number of hydrogen-bond acceptors (Lipinski definition) is 4. The molecule has 0 aromatic carbocycles. The zero-order valence-electron chi connectivity index (χ0n) is 16.3. The van der Waals surface area contributed by atoms with Crippen molar-refractivity contribution < 1.29 is 13.2 Å². The van der Waals surface area contributed by atoms with Crippen LogP contribution in [-0.2, 0) is 13.0 Å². The Morgan fingerprint density at radius 3 is 2.61 bits per heavy atom. The highest BCUT2D eigenvalue weighted by molar-refractivity contribution is 14.0. The number of hydrogen-bond donors (Lipinski definition) is 1. The summed E-state index contributed by atoms with van der Waals surface area (Å²) in [6.45, 7) is 6.92. The van der Waals surface area contributed by atoms with E-state index >= 15 is 0 Å². The van der Waals surface area contributed by atoms with Gasteiger partial charge in [-0.05, 0) is 30.4 Å². The van der Waals surface area contributed by atoms with E-state index in [1.807, 2.05) is 16.2 Å². The van der Waals surface area contributed by atoms with E-state index in [9.17, 15) is 13.2 Å². The zero-order chi connectivity index (χ0) is 19.4. The highest BCUT2D eigenvalue weighted by atomic mass is 127. The van der Waals surface area contributed by atoms with Gasteiger partial charge in [0.1, 0.15) is 6.04 Å². The van der Waals surface area contributed by atoms with Crippen LogP contribution < -0.4 is 5.32 Å². The number of rotatable bonds is 4. The Labute approximate surface area is 186 Å². The van der Waals surface area contributed by atoms with E-state index in [1.165, 1.54) is 22.3 Å². The van der Waals surface area contributed by atoms with E-state index in [2.05, 4.69) is 26.7 Å². The van der Waals surface area contributed by atoms with Crippen molar-refractivity contribution in [3.63, 3.8) is 0 Å². The first-order valence-electron chi connectivity index (χ1n) is 9.42. The molecule has 5 nitrogen and oxygen atoms in total. The van der Waals surface area contributed by atoms with Crippen LogP contribution >= 0.6 is 35.3 Å². The fraction of sp³-hybridized carbons (Fsp3) is 0.722. The number of halogens is 4. The molecule has 3 heterocycles. The van der Waals surface area contributed by atoms with Crippen LogP contribution in [0.3, 0.4) is 0 Å². The summed E-state index contributed by atoms with van der Waals surface area (Å²) in [7, 11) is 1.73. The predicted octanol–water partition coefficient (Wildman–Crippen LogP) is 2.87. The molecule has 0 spiro atoms. The first kappa shape index (κ1) is 23.7. The minimum absolute atomic E-state index is 0. The molecule has 3 rings (SSSR count). The summed E-state index contributed by atoms with van der Waals surface area (Å²) in [6, 6.07) is 0.815. The minimum atomic E-state index is -4.17. The lowest BCUT2D eigenvalue weighted by Gasteiger charge is -2.39. The van der Waals surface area contributed by atoms with Gasteiger partial charge in [-0.1, -0.05) is 0 Å². The molecule has 1 N–H and O–H groups in total. The number of alkyl halides is 3. The molecule has 1 atom stereocenters. The van der Waals surface area contributed by atoms with Crippen LogP contribution in [0.15, 0.2) is 16.4 Å². The number of nitrogens with one attached hydrogen (secondary N) is 1. The second kappa shape index (κ2) is 10.4. The zero-order valence-corrected chi connectivity index (χ0v) is 19.5. The van der Waals surface area contributed by atoms with Gasteiger partial charge in [0.25, 0.3) is 0 Å². The van der Waals surface area contributed by atoms with Gasteiger partial charge in [-0.3, -0.25) is 14.8 Å². The summed E-state index contributed by atoms with van der Waals surface area (Å²) < 4.78 is 38.6. The molecule has 0 aliphatic carbocycles. The molecular weight excluding hydrogens is 502 g/mol. The molecule has 0 saturated carbocycles. The number of thiophene rings is 1. The van der Waals surface area contributed by atoms with Crippen LogP contribution in [-0.4, -0.2) is 85.7 Å². The summed E-state index contributed by atoms with van der Waals surface area (Å²) in [4.78, 5) is 11.8. The van der Waals surface area contributed by atoms with Crippen LogP contribution in [0.25, 0.3) is 0 Å². The first-order chi connectivity index (χ1) is 12.9.